The first-order valence-corrected chi connectivity index (χ1v) is 8.71. The van der Waals surface area contributed by atoms with Crippen LogP contribution in [0.3, 0.4) is 0 Å². The first-order chi connectivity index (χ1) is 10.3. The topological polar surface area (TPSA) is 38.8 Å². The lowest BCUT2D eigenvalue weighted by molar-refractivity contribution is 0.0184. The minimum Gasteiger partial charge on any atom is -0.490 e. The summed E-state index contributed by atoms with van der Waals surface area (Å²) in [4.78, 5) is 14.2. The first kappa shape index (κ1) is 17.4. The van der Waals surface area contributed by atoms with E-state index < -0.39 is 5.60 Å². The molecule has 2 rings (SSSR count). The summed E-state index contributed by atoms with van der Waals surface area (Å²) in [6.45, 7) is 9.06. The molecule has 1 fully saturated rings. The molecule has 22 heavy (non-hydrogen) atoms. The number of amides is 1. The van der Waals surface area contributed by atoms with Crippen LogP contribution in [-0.4, -0.2) is 35.8 Å². The number of nitrogens with zero attached hydrogens (tertiary/aromatic N) is 1. The summed E-state index contributed by atoms with van der Waals surface area (Å²) in [5.41, 5.74) is -0.469. The van der Waals surface area contributed by atoms with Gasteiger partial charge in [-0.3, -0.25) is 0 Å². The Labute approximate surface area is 146 Å². The van der Waals surface area contributed by atoms with Gasteiger partial charge in [-0.25, -0.2) is 4.79 Å². The minimum atomic E-state index is -0.469. The van der Waals surface area contributed by atoms with E-state index in [1.807, 2.05) is 49.9 Å². The molecular weight excluding hydrogens is 393 g/mol. The van der Waals surface area contributed by atoms with Crippen molar-refractivity contribution in [2.75, 3.05) is 13.2 Å². The molecule has 1 aromatic carbocycles. The second kappa shape index (κ2) is 7.06. The van der Waals surface area contributed by atoms with Crippen molar-refractivity contribution >= 4 is 28.7 Å². The highest BCUT2D eigenvalue weighted by molar-refractivity contribution is 14.1. The molecule has 0 saturated carbocycles. The Balaban J connectivity index is 1.99. The molecule has 4 nitrogen and oxygen atoms in total. The van der Waals surface area contributed by atoms with Gasteiger partial charge in [-0.1, -0.05) is 19.1 Å². The van der Waals surface area contributed by atoms with Gasteiger partial charge in [-0.05, 0) is 67.8 Å². The second-order valence-corrected chi connectivity index (χ2v) is 8.03. The summed E-state index contributed by atoms with van der Waals surface area (Å²) in [5.74, 6) is 1.34. The molecule has 122 valence electrons. The van der Waals surface area contributed by atoms with Crippen LogP contribution >= 0.6 is 22.6 Å². The first-order valence-electron chi connectivity index (χ1n) is 7.63. The number of likely N-dealkylation sites (tertiary alicyclic amines) is 1. The van der Waals surface area contributed by atoms with E-state index in [0.29, 0.717) is 12.5 Å². The molecule has 0 aliphatic carbocycles. The maximum atomic E-state index is 12.3. The Kier molecular flexibility index (Phi) is 5.58. The van der Waals surface area contributed by atoms with Crippen molar-refractivity contribution in [3.63, 3.8) is 0 Å². The molecule has 0 aromatic heterocycles. The fraction of sp³-hybridized carbons (Fsp3) is 0.588. The van der Waals surface area contributed by atoms with Crippen molar-refractivity contribution in [1.82, 2.24) is 4.90 Å². The molecular formula is C17H24INO3. The molecule has 0 radical (unpaired) electrons. The number of rotatable bonds is 3. The number of carbonyl (C=O) groups excluding carboxylic acids is 1. The Hall–Kier alpha value is -0.980. The Morgan fingerprint density at radius 1 is 1.36 bits per heavy atom. The molecule has 1 aromatic rings. The smallest absolute Gasteiger partial charge is 0.410 e. The van der Waals surface area contributed by atoms with Gasteiger partial charge in [-0.15, -0.1) is 0 Å². The standard InChI is InChI=1S/C17H24INO3/c1-12-9-13(11-21-15-8-6-5-7-14(15)18)19(10-12)16(20)22-17(2,3)4/h5-8,12-13H,9-11H2,1-4H3/t12-,13+/m1/s1. The van der Waals surface area contributed by atoms with Gasteiger partial charge in [0.25, 0.3) is 0 Å². The third-order valence-corrected chi connectivity index (χ3v) is 4.41. The second-order valence-electron chi connectivity index (χ2n) is 6.87. The monoisotopic (exact) mass is 417 g/mol. The van der Waals surface area contributed by atoms with E-state index in [0.717, 1.165) is 22.3 Å². The lowest BCUT2D eigenvalue weighted by Crippen LogP contribution is -2.42. The van der Waals surface area contributed by atoms with Crippen LogP contribution in [0.15, 0.2) is 24.3 Å². The van der Waals surface area contributed by atoms with E-state index in [4.69, 9.17) is 9.47 Å². The van der Waals surface area contributed by atoms with Crippen molar-refractivity contribution in [3.8, 4) is 5.75 Å². The highest BCUT2D eigenvalue weighted by Gasteiger charge is 2.36. The molecule has 5 heteroatoms. The molecule has 1 heterocycles. The SMILES string of the molecule is C[C@@H]1C[C@@H](COc2ccccc2I)N(C(=O)OC(C)(C)C)C1. The molecule has 1 amide bonds. The van der Waals surface area contributed by atoms with Crippen LogP contribution in [0.1, 0.15) is 34.1 Å². The fourth-order valence-corrected chi connectivity index (χ4v) is 3.14. The minimum absolute atomic E-state index is 0.0702. The number of ether oxygens (including phenoxy) is 2. The summed E-state index contributed by atoms with van der Waals surface area (Å²) >= 11 is 2.26. The van der Waals surface area contributed by atoms with E-state index in [-0.39, 0.29) is 12.1 Å². The van der Waals surface area contributed by atoms with Gasteiger partial charge in [0.2, 0.25) is 0 Å². The zero-order chi connectivity index (χ0) is 16.3. The summed E-state index contributed by atoms with van der Waals surface area (Å²) in [5, 5.41) is 0. The molecule has 1 saturated heterocycles. The number of benzene rings is 1. The van der Waals surface area contributed by atoms with Gasteiger partial charge in [0.1, 0.15) is 18.0 Å². The van der Waals surface area contributed by atoms with Crippen molar-refractivity contribution in [3.05, 3.63) is 27.8 Å². The normalized spacial score (nSPS) is 21.8. The third kappa shape index (κ3) is 4.76. The van der Waals surface area contributed by atoms with Gasteiger partial charge in [0.05, 0.1) is 9.61 Å². The van der Waals surface area contributed by atoms with Crippen LogP contribution in [0.25, 0.3) is 0 Å². The van der Waals surface area contributed by atoms with Crippen molar-refractivity contribution in [2.45, 2.75) is 45.8 Å². The van der Waals surface area contributed by atoms with Gasteiger partial charge >= 0.3 is 6.09 Å². The van der Waals surface area contributed by atoms with Crippen molar-refractivity contribution < 1.29 is 14.3 Å². The summed E-state index contributed by atoms with van der Waals surface area (Å²) < 4.78 is 12.5. The number of carbonyl (C=O) groups is 1. The van der Waals surface area contributed by atoms with E-state index in [1.54, 1.807) is 0 Å². The molecule has 0 bridgehead atoms. The van der Waals surface area contributed by atoms with Crippen LogP contribution in [0.5, 0.6) is 5.75 Å². The average Bonchev–Trinajstić information content (AvgIpc) is 2.77. The van der Waals surface area contributed by atoms with Gasteiger partial charge in [-0.2, -0.15) is 0 Å². The van der Waals surface area contributed by atoms with Gasteiger partial charge in [0.15, 0.2) is 0 Å². The maximum absolute atomic E-state index is 12.3. The maximum Gasteiger partial charge on any atom is 0.410 e. The predicted octanol–water partition coefficient (Wildman–Crippen LogP) is 4.32. The zero-order valence-electron chi connectivity index (χ0n) is 13.6. The van der Waals surface area contributed by atoms with E-state index >= 15 is 0 Å². The van der Waals surface area contributed by atoms with Gasteiger partial charge in [0, 0.05) is 6.54 Å². The molecule has 0 N–H and O–H groups in total. The van der Waals surface area contributed by atoms with Crippen LogP contribution in [0, 0.1) is 9.49 Å². The lowest BCUT2D eigenvalue weighted by atomic mass is 10.1. The Bertz CT molecular complexity index is 527. The largest absolute Gasteiger partial charge is 0.490 e. The van der Waals surface area contributed by atoms with Crippen molar-refractivity contribution in [2.24, 2.45) is 5.92 Å². The van der Waals surface area contributed by atoms with Crippen LogP contribution in [0.2, 0.25) is 0 Å². The third-order valence-electron chi connectivity index (χ3n) is 3.52. The highest BCUT2D eigenvalue weighted by Crippen LogP contribution is 2.27. The quantitative estimate of drug-likeness (QED) is 0.688. The fourth-order valence-electron chi connectivity index (χ4n) is 2.60. The van der Waals surface area contributed by atoms with Gasteiger partial charge < -0.3 is 14.4 Å². The summed E-state index contributed by atoms with van der Waals surface area (Å²) in [6, 6.07) is 7.98. The Morgan fingerprint density at radius 3 is 2.68 bits per heavy atom. The number of para-hydroxylation sites is 1. The lowest BCUT2D eigenvalue weighted by Gasteiger charge is -2.28. The molecule has 0 unspecified atom stereocenters. The van der Waals surface area contributed by atoms with E-state index in [9.17, 15) is 4.79 Å². The van der Waals surface area contributed by atoms with Crippen LogP contribution in [-0.2, 0) is 4.74 Å². The molecule has 0 spiro atoms. The van der Waals surface area contributed by atoms with Crippen molar-refractivity contribution in [1.29, 1.82) is 0 Å². The number of halogens is 1. The Morgan fingerprint density at radius 2 is 2.05 bits per heavy atom. The summed E-state index contributed by atoms with van der Waals surface area (Å²) in [6.07, 6.45) is 0.705. The average molecular weight is 417 g/mol. The highest BCUT2D eigenvalue weighted by atomic mass is 127. The molecule has 2 atom stereocenters. The zero-order valence-corrected chi connectivity index (χ0v) is 15.8. The van der Waals surface area contributed by atoms with E-state index in [1.165, 1.54) is 0 Å². The summed E-state index contributed by atoms with van der Waals surface area (Å²) in [7, 11) is 0. The predicted molar refractivity (Wildman–Crippen MR) is 95.2 cm³/mol. The van der Waals surface area contributed by atoms with Crippen LogP contribution in [0.4, 0.5) is 4.79 Å². The van der Waals surface area contributed by atoms with Crippen LogP contribution < -0.4 is 4.74 Å². The van der Waals surface area contributed by atoms with E-state index in [2.05, 4.69) is 29.5 Å². The molecule has 1 aliphatic rings. The number of hydrogen-bond donors (Lipinski definition) is 0. The molecule has 1 aliphatic heterocycles. The number of hydrogen-bond acceptors (Lipinski definition) is 3.